The molecule has 2 amide bonds. The van der Waals surface area contributed by atoms with E-state index in [1.54, 1.807) is 6.92 Å². The van der Waals surface area contributed by atoms with Crippen LogP contribution in [0.3, 0.4) is 0 Å². The lowest BCUT2D eigenvalue weighted by molar-refractivity contribution is -0.118. The van der Waals surface area contributed by atoms with Crippen LogP contribution in [0.25, 0.3) is 10.9 Å². The minimum absolute atomic E-state index is 0.234. The van der Waals surface area contributed by atoms with Gasteiger partial charge in [-0.25, -0.2) is 4.79 Å². The largest absolute Gasteiger partial charge is 0.450 e. The van der Waals surface area contributed by atoms with Gasteiger partial charge in [0.1, 0.15) is 6.04 Å². The third-order valence-corrected chi connectivity index (χ3v) is 5.82. The standard InChI is InChI=1S/C22H24BrN3O3/c1-4-29-22(28)26-20(11-15-12-24-19-8-6-5-7-16(15)19)21(27)25-18-10-9-17(23)13(2)14(18)3/h5-10,12,20,24H,4,11H2,1-3H3,(H,25,27)(H,26,28)/t20-/m1/s1. The van der Waals surface area contributed by atoms with E-state index in [-0.39, 0.29) is 12.5 Å². The highest BCUT2D eigenvalue weighted by molar-refractivity contribution is 9.10. The number of ether oxygens (including phenoxy) is 1. The average Bonchev–Trinajstić information content (AvgIpc) is 3.11. The SMILES string of the molecule is CCOC(=O)N[C@H](Cc1c[nH]c2ccccc12)C(=O)Nc1ccc(Br)c(C)c1C. The van der Waals surface area contributed by atoms with Gasteiger partial charge in [-0.1, -0.05) is 34.1 Å². The van der Waals surface area contributed by atoms with Crippen LogP contribution in [-0.2, 0) is 16.0 Å². The van der Waals surface area contributed by atoms with Crippen molar-refractivity contribution in [3.05, 3.63) is 63.8 Å². The molecule has 6 nitrogen and oxygen atoms in total. The van der Waals surface area contributed by atoms with Gasteiger partial charge in [0.25, 0.3) is 0 Å². The van der Waals surface area contributed by atoms with Gasteiger partial charge in [0.15, 0.2) is 0 Å². The Labute approximate surface area is 178 Å². The maximum Gasteiger partial charge on any atom is 0.407 e. The highest BCUT2D eigenvalue weighted by atomic mass is 79.9. The number of benzene rings is 2. The van der Waals surface area contributed by atoms with E-state index in [1.807, 2.05) is 56.4 Å². The zero-order valence-electron chi connectivity index (χ0n) is 16.6. The molecule has 7 heteroatoms. The Kier molecular flexibility index (Phi) is 6.59. The predicted molar refractivity (Wildman–Crippen MR) is 118 cm³/mol. The zero-order valence-corrected chi connectivity index (χ0v) is 18.2. The zero-order chi connectivity index (χ0) is 21.0. The Morgan fingerprint density at radius 2 is 1.90 bits per heavy atom. The summed E-state index contributed by atoms with van der Waals surface area (Å²) in [4.78, 5) is 28.3. The van der Waals surface area contributed by atoms with Crippen molar-refractivity contribution < 1.29 is 14.3 Å². The first-order chi connectivity index (χ1) is 13.9. The Bertz CT molecular complexity index is 1040. The third kappa shape index (κ3) is 4.79. The van der Waals surface area contributed by atoms with Crippen molar-refractivity contribution in [2.45, 2.75) is 33.2 Å². The van der Waals surface area contributed by atoms with Gasteiger partial charge >= 0.3 is 6.09 Å². The van der Waals surface area contributed by atoms with Crippen LogP contribution in [0.15, 0.2) is 47.1 Å². The number of para-hydroxylation sites is 1. The normalized spacial score (nSPS) is 11.9. The molecule has 29 heavy (non-hydrogen) atoms. The first-order valence-corrected chi connectivity index (χ1v) is 10.2. The molecule has 152 valence electrons. The monoisotopic (exact) mass is 457 g/mol. The average molecular weight is 458 g/mol. The highest BCUT2D eigenvalue weighted by Gasteiger charge is 2.24. The van der Waals surface area contributed by atoms with Crippen molar-refractivity contribution in [2.24, 2.45) is 0 Å². The molecule has 3 N–H and O–H groups in total. The minimum atomic E-state index is -0.781. The molecular weight excluding hydrogens is 434 g/mol. The molecule has 1 aromatic heterocycles. The Balaban J connectivity index is 1.85. The van der Waals surface area contributed by atoms with Crippen LogP contribution in [0.4, 0.5) is 10.5 Å². The van der Waals surface area contributed by atoms with Crippen LogP contribution in [0.5, 0.6) is 0 Å². The van der Waals surface area contributed by atoms with E-state index < -0.39 is 12.1 Å². The maximum absolute atomic E-state index is 13.1. The maximum atomic E-state index is 13.1. The van der Waals surface area contributed by atoms with Crippen molar-refractivity contribution in [3.8, 4) is 0 Å². The van der Waals surface area contributed by atoms with E-state index in [1.165, 1.54) is 0 Å². The van der Waals surface area contributed by atoms with Crippen LogP contribution >= 0.6 is 15.9 Å². The molecule has 0 aliphatic carbocycles. The number of carbonyl (C=O) groups is 2. The van der Waals surface area contributed by atoms with E-state index in [4.69, 9.17) is 4.74 Å². The quantitative estimate of drug-likeness (QED) is 0.494. The number of aromatic amines is 1. The summed E-state index contributed by atoms with van der Waals surface area (Å²) in [5, 5.41) is 6.66. The Hall–Kier alpha value is -2.80. The summed E-state index contributed by atoms with van der Waals surface area (Å²) >= 11 is 3.50. The molecule has 1 atom stereocenters. The topological polar surface area (TPSA) is 83.2 Å². The van der Waals surface area contributed by atoms with Crippen LogP contribution in [-0.4, -0.2) is 29.6 Å². The summed E-state index contributed by atoms with van der Waals surface area (Å²) in [5.41, 5.74) is 4.66. The number of rotatable bonds is 6. The van der Waals surface area contributed by atoms with Gasteiger partial charge in [-0.15, -0.1) is 0 Å². The minimum Gasteiger partial charge on any atom is -0.450 e. The number of carbonyl (C=O) groups excluding carboxylic acids is 2. The number of fused-ring (bicyclic) bond motifs is 1. The first kappa shape index (κ1) is 20.9. The lowest BCUT2D eigenvalue weighted by Gasteiger charge is -2.19. The molecule has 3 aromatic rings. The third-order valence-electron chi connectivity index (χ3n) is 4.96. The number of halogens is 1. The van der Waals surface area contributed by atoms with Crippen molar-refractivity contribution in [1.82, 2.24) is 10.3 Å². The van der Waals surface area contributed by atoms with E-state index in [0.717, 1.165) is 32.1 Å². The number of anilines is 1. The molecule has 0 saturated heterocycles. The van der Waals surface area contributed by atoms with E-state index >= 15 is 0 Å². The van der Waals surface area contributed by atoms with Crippen molar-refractivity contribution in [3.63, 3.8) is 0 Å². The molecule has 0 unspecified atom stereocenters. The molecule has 0 aliphatic rings. The molecule has 0 bridgehead atoms. The number of amides is 2. The van der Waals surface area contributed by atoms with Gasteiger partial charge in [0, 0.05) is 33.7 Å². The summed E-state index contributed by atoms with van der Waals surface area (Å²) in [7, 11) is 0. The lowest BCUT2D eigenvalue weighted by Crippen LogP contribution is -2.45. The summed E-state index contributed by atoms with van der Waals surface area (Å²) in [6, 6.07) is 10.8. The van der Waals surface area contributed by atoms with Gasteiger partial charge < -0.3 is 20.4 Å². The fourth-order valence-electron chi connectivity index (χ4n) is 3.19. The number of alkyl carbamates (subject to hydrolysis) is 1. The van der Waals surface area contributed by atoms with Crippen molar-refractivity contribution in [1.29, 1.82) is 0 Å². The fourth-order valence-corrected chi connectivity index (χ4v) is 3.62. The number of nitrogens with one attached hydrogen (secondary N) is 3. The van der Waals surface area contributed by atoms with E-state index in [2.05, 4.69) is 31.5 Å². The second kappa shape index (κ2) is 9.13. The smallest absolute Gasteiger partial charge is 0.407 e. The number of H-pyrrole nitrogens is 1. The van der Waals surface area contributed by atoms with Crippen molar-refractivity contribution >= 4 is 44.5 Å². The second-order valence-corrected chi connectivity index (χ2v) is 7.67. The molecule has 3 rings (SSSR count). The number of hydrogen-bond acceptors (Lipinski definition) is 3. The molecular formula is C22H24BrN3O3. The van der Waals surface area contributed by atoms with Crippen LogP contribution in [0.2, 0.25) is 0 Å². The molecule has 0 spiro atoms. The lowest BCUT2D eigenvalue weighted by atomic mass is 10.0. The first-order valence-electron chi connectivity index (χ1n) is 9.45. The summed E-state index contributed by atoms with van der Waals surface area (Å²) in [6.45, 7) is 5.89. The van der Waals surface area contributed by atoms with E-state index in [0.29, 0.717) is 12.1 Å². The molecule has 0 fully saturated rings. The van der Waals surface area contributed by atoms with Gasteiger partial charge in [-0.3, -0.25) is 4.79 Å². The molecule has 0 aliphatic heterocycles. The summed E-state index contributed by atoms with van der Waals surface area (Å²) < 4.78 is 5.97. The van der Waals surface area contributed by atoms with Crippen LogP contribution in [0, 0.1) is 13.8 Å². The summed E-state index contributed by atoms with van der Waals surface area (Å²) in [5.74, 6) is -0.298. The second-order valence-electron chi connectivity index (χ2n) is 6.82. The number of aromatic nitrogens is 1. The molecule has 1 heterocycles. The van der Waals surface area contributed by atoms with Gasteiger partial charge in [0.05, 0.1) is 6.61 Å². The Morgan fingerprint density at radius 3 is 2.66 bits per heavy atom. The van der Waals surface area contributed by atoms with Crippen LogP contribution in [0.1, 0.15) is 23.6 Å². The fraction of sp³-hybridized carbons (Fsp3) is 0.273. The highest BCUT2D eigenvalue weighted by Crippen LogP contribution is 2.26. The summed E-state index contributed by atoms with van der Waals surface area (Å²) in [6.07, 6.45) is 1.59. The predicted octanol–water partition coefficient (Wildman–Crippen LogP) is 4.84. The van der Waals surface area contributed by atoms with Crippen LogP contribution < -0.4 is 10.6 Å². The number of hydrogen-bond donors (Lipinski definition) is 3. The van der Waals surface area contributed by atoms with Gasteiger partial charge in [-0.2, -0.15) is 0 Å². The van der Waals surface area contributed by atoms with E-state index in [9.17, 15) is 9.59 Å². The van der Waals surface area contributed by atoms with Gasteiger partial charge in [0.2, 0.25) is 5.91 Å². The van der Waals surface area contributed by atoms with Crippen molar-refractivity contribution in [2.75, 3.05) is 11.9 Å². The van der Waals surface area contributed by atoms with Gasteiger partial charge in [-0.05, 0) is 55.7 Å². The molecule has 2 aromatic carbocycles. The molecule has 0 radical (unpaired) electrons. The Morgan fingerprint density at radius 1 is 1.14 bits per heavy atom. The molecule has 0 saturated carbocycles.